The number of piperazine rings is 1. The van der Waals surface area contributed by atoms with E-state index in [0.717, 1.165) is 60.6 Å². The van der Waals surface area contributed by atoms with Crippen LogP contribution < -0.4 is 4.74 Å². The number of likely N-dealkylation sites (tertiary alicyclic amines) is 1. The Hall–Kier alpha value is -1.32. The van der Waals surface area contributed by atoms with Crippen LogP contribution in [0.3, 0.4) is 0 Å². The fourth-order valence-electron chi connectivity index (χ4n) is 4.06. The molecular formula is C21H27ClIN3O3. The van der Waals surface area contributed by atoms with E-state index in [-0.39, 0.29) is 11.8 Å². The molecule has 1 atom stereocenters. The zero-order valence-corrected chi connectivity index (χ0v) is 19.6. The smallest absolute Gasteiger partial charge is 0.246 e. The van der Waals surface area contributed by atoms with Crippen molar-refractivity contribution in [3.8, 4) is 5.75 Å². The monoisotopic (exact) mass is 531 g/mol. The molecule has 2 heterocycles. The summed E-state index contributed by atoms with van der Waals surface area (Å²) in [4.78, 5) is 30.7. The first-order valence-electron chi connectivity index (χ1n) is 9.88. The fourth-order valence-corrected chi connectivity index (χ4v) is 4.75. The van der Waals surface area contributed by atoms with Crippen LogP contribution in [0, 0.1) is 3.57 Å². The minimum Gasteiger partial charge on any atom is -0.496 e. The van der Waals surface area contributed by atoms with Crippen molar-refractivity contribution in [1.29, 1.82) is 0 Å². The minimum atomic E-state index is 0.00796. The Bertz CT molecular complexity index is 781. The van der Waals surface area contributed by atoms with Gasteiger partial charge in [-0.3, -0.25) is 14.5 Å². The summed E-state index contributed by atoms with van der Waals surface area (Å²) in [6.07, 6.45) is 3.47. The molecule has 2 saturated heterocycles. The van der Waals surface area contributed by atoms with Crippen LogP contribution in [0.2, 0.25) is 5.02 Å². The first-order chi connectivity index (χ1) is 13.9. The molecule has 0 aliphatic carbocycles. The van der Waals surface area contributed by atoms with E-state index < -0.39 is 0 Å². The van der Waals surface area contributed by atoms with E-state index in [0.29, 0.717) is 23.9 Å². The van der Waals surface area contributed by atoms with Gasteiger partial charge in [0.2, 0.25) is 11.8 Å². The third-order valence-electron chi connectivity index (χ3n) is 5.76. The first-order valence-corrected chi connectivity index (χ1v) is 11.3. The highest BCUT2D eigenvalue weighted by atomic mass is 127. The second-order valence-corrected chi connectivity index (χ2v) is 9.00. The number of benzene rings is 1. The molecule has 0 spiro atoms. The highest BCUT2D eigenvalue weighted by Gasteiger charge is 2.32. The normalized spacial score (nSPS) is 20.0. The Morgan fingerprint density at radius 1 is 1.24 bits per heavy atom. The van der Waals surface area contributed by atoms with Gasteiger partial charge in [0.1, 0.15) is 5.75 Å². The molecule has 0 aromatic heterocycles. The van der Waals surface area contributed by atoms with Gasteiger partial charge in [0.05, 0.1) is 12.1 Å². The Balaban J connectivity index is 1.48. The number of halogens is 2. The predicted octanol–water partition coefficient (Wildman–Crippen LogP) is 2.82. The molecule has 2 amide bonds. The molecular weight excluding hydrogens is 505 g/mol. The molecule has 0 saturated carbocycles. The van der Waals surface area contributed by atoms with Crippen LogP contribution in [-0.4, -0.2) is 78.9 Å². The maximum atomic E-state index is 12.7. The van der Waals surface area contributed by atoms with Gasteiger partial charge >= 0.3 is 0 Å². The van der Waals surface area contributed by atoms with Crippen molar-refractivity contribution < 1.29 is 14.3 Å². The molecule has 1 aromatic rings. The Morgan fingerprint density at radius 3 is 2.62 bits per heavy atom. The lowest BCUT2D eigenvalue weighted by Gasteiger charge is -2.38. The van der Waals surface area contributed by atoms with Gasteiger partial charge in [-0.15, -0.1) is 0 Å². The molecule has 158 valence electrons. The van der Waals surface area contributed by atoms with Crippen LogP contribution in [0.25, 0.3) is 0 Å². The molecule has 0 bridgehead atoms. The molecule has 0 N–H and O–H groups in total. The predicted molar refractivity (Wildman–Crippen MR) is 122 cm³/mol. The molecule has 2 aliphatic rings. The van der Waals surface area contributed by atoms with Crippen molar-refractivity contribution in [2.45, 2.75) is 25.3 Å². The number of carbonyl (C=O) groups is 2. The van der Waals surface area contributed by atoms with E-state index in [1.807, 2.05) is 21.9 Å². The summed E-state index contributed by atoms with van der Waals surface area (Å²) in [6.45, 7) is 8.30. The average Bonchev–Trinajstić information content (AvgIpc) is 3.23. The van der Waals surface area contributed by atoms with Gasteiger partial charge in [-0.1, -0.05) is 18.2 Å². The lowest BCUT2D eigenvalue weighted by molar-refractivity contribution is -0.133. The summed E-state index contributed by atoms with van der Waals surface area (Å²) in [5.41, 5.74) is 1.01. The molecule has 6 nitrogen and oxygen atoms in total. The van der Waals surface area contributed by atoms with E-state index in [9.17, 15) is 9.59 Å². The molecule has 1 unspecified atom stereocenters. The van der Waals surface area contributed by atoms with Crippen molar-refractivity contribution in [3.05, 3.63) is 38.9 Å². The second kappa shape index (κ2) is 10.1. The first kappa shape index (κ1) is 22.4. The van der Waals surface area contributed by atoms with Gasteiger partial charge in [-0.05, 0) is 53.1 Å². The maximum Gasteiger partial charge on any atom is 0.246 e. The molecule has 8 heteroatoms. The highest BCUT2D eigenvalue weighted by molar-refractivity contribution is 14.1. The van der Waals surface area contributed by atoms with E-state index >= 15 is 0 Å². The number of aryl methyl sites for hydroxylation is 1. The number of hydrogen-bond donors (Lipinski definition) is 0. The Morgan fingerprint density at radius 2 is 1.97 bits per heavy atom. The van der Waals surface area contributed by atoms with E-state index in [4.69, 9.17) is 16.3 Å². The molecule has 29 heavy (non-hydrogen) atoms. The molecule has 3 rings (SSSR count). The van der Waals surface area contributed by atoms with Crippen molar-refractivity contribution in [3.63, 3.8) is 0 Å². The van der Waals surface area contributed by atoms with Gasteiger partial charge in [0, 0.05) is 61.4 Å². The van der Waals surface area contributed by atoms with Crippen LogP contribution in [0.15, 0.2) is 24.8 Å². The van der Waals surface area contributed by atoms with Crippen LogP contribution in [-0.2, 0) is 16.0 Å². The van der Waals surface area contributed by atoms with Gasteiger partial charge in [0.25, 0.3) is 0 Å². The summed E-state index contributed by atoms with van der Waals surface area (Å²) in [7, 11) is 1.62. The van der Waals surface area contributed by atoms with Crippen molar-refractivity contribution in [2.75, 3.05) is 46.4 Å². The number of hydrogen-bond acceptors (Lipinski definition) is 4. The van der Waals surface area contributed by atoms with Crippen molar-refractivity contribution in [1.82, 2.24) is 14.7 Å². The van der Waals surface area contributed by atoms with Crippen LogP contribution in [0.4, 0.5) is 0 Å². The van der Waals surface area contributed by atoms with Crippen molar-refractivity contribution >= 4 is 46.0 Å². The number of nitrogens with zero attached hydrogens (tertiary/aromatic N) is 3. The second-order valence-electron chi connectivity index (χ2n) is 7.43. The third kappa shape index (κ3) is 5.44. The summed E-state index contributed by atoms with van der Waals surface area (Å²) in [6, 6.07) is 4.18. The number of methoxy groups -OCH3 is 1. The average molecular weight is 532 g/mol. The van der Waals surface area contributed by atoms with E-state index in [1.165, 1.54) is 6.08 Å². The number of carbonyl (C=O) groups excluding carboxylic acids is 2. The quantitative estimate of drug-likeness (QED) is 0.419. The zero-order valence-electron chi connectivity index (χ0n) is 16.7. The van der Waals surface area contributed by atoms with Gasteiger partial charge < -0.3 is 14.5 Å². The number of rotatable bonds is 6. The SMILES string of the molecule is C=CC(=O)N1CCC(N2CCN(C(=O)CCc3cc(I)c(Cl)cc3OC)CC2)C1. The summed E-state index contributed by atoms with van der Waals surface area (Å²) in [5.74, 6) is 0.910. The lowest BCUT2D eigenvalue weighted by Crippen LogP contribution is -2.52. The summed E-state index contributed by atoms with van der Waals surface area (Å²) in [5, 5.41) is 0.661. The third-order valence-corrected chi connectivity index (χ3v) is 7.29. The topological polar surface area (TPSA) is 53.1 Å². The molecule has 0 radical (unpaired) electrons. The molecule has 2 fully saturated rings. The van der Waals surface area contributed by atoms with Gasteiger partial charge in [-0.2, -0.15) is 0 Å². The Kier molecular flexibility index (Phi) is 7.81. The Labute approximate surface area is 190 Å². The summed E-state index contributed by atoms with van der Waals surface area (Å²) >= 11 is 8.35. The lowest BCUT2D eigenvalue weighted by atomic mass is 10.1. The van der Waals surface area contributed by atoms with Gasteiger partial charge in [-0.25, -0.2) is 0 Å². The van der Waals surface area contributed by atoms with Crippen molar-refractivity contribution in [2.24, 2.45) is 0 Å². The zero-order chi connectivity index (χ0) is 21.0. The van der Waals surface area contributed by atoms with Crippen LogP contribution in [0.5, 0.6) is 5.75 Å². The minimum absolute atomic E-state index is 0.00796. The highest BCUT2D eigenvalue weighted by Crippen LogP contribution is 2.29. The summed E-state index contributed by atoms with van der Waals surface area (Å²) < 4.78 is 6.37. The molecule has 2 aliphatic heterocycles. The number of amides is 2. The standard InChI is InChI=1S/C21H27ClIN3O3/c1-3-20(27)26-7-6-16(14-26)24-8-10-25(11-9-24)21(28)5-4-15-12-18(23)17(22)13-19(15)29-2/h3,12-13,16H,1,4-11,14H2,2H3. The largest absolute Gasteiger partial charge is 0.496 e. The van der Waals surface area contributed by atoms with Crippen LogP contribution in [0.1, 0.15) is 18.4 Å². The maximum absolute atomic E-state index is 12.7. The van der Waals surface area contributed by atoms with E-state index in [2.05, 4.69) is 34.1 Å². The van der Waals surface area contributed by atoms with E-state index in [1.54, 1.807) is 7.11 Å². The fraction of sp³-hybridized carbons (Fsp3) is 0.524. The van der Waals surface area contributed by atoms with Crippen LogP contribution >= 0.6 is 34.2 Å². The van der Waals surface area contributed by atoms with Gasteiger partial charge in [0.15, 0.2) is 0 Å². The molecule has 1 aromatic carbocycles. The number of ether oxygens (including phenoxy) is 1.